The highest BCUT2D eigenvalue weighted by Gasteiger charge is 2.52. The van der Waals surface area contributed by atoms with Gasteiger partial charge in [-0.2, -0.15) is 0 Å². The molecular formula is C14H15N2O5S-. The zero-order valence-corrected chi connectivity index (χ0v) is 12.6. The number of amides is 2. The molecule has 2 saturated heterocycles. The van der Waals surface area contributed by atoms with Crippen molar-refractivity contribution in [3.05, 3.63) is 21.9 Å². The second-order valence-electron chi connectivity index (χ2n) is 5.54. The van der Waals surface area contributed by atoms with Gasteiger partial charge in [0.15, 0.2) is 0 Å². The van der Waals surface area contributed by atoms with E-state index in [1.165, 1.54) is 11.3 Å². The van der Waals surface area contributed by atoms with Crippen LogP contribution in [0.3, 0.4) is 0 Å². The number of hydrogen-bond donors (Lipinski definition) is 2. The largest absolute Gasteiger partial charge is 0.550 e. The van der Waals surface area contributed by atoms with E-state index in [1.54, 1.807) is 18.4 Å². The standard InChI is InChI=1S/C14H16N2O5S/c1-6-4-5-22-11(6)13(18)16-15-12(17)9-7-2-3-8(21-7)10(9)14(19)20/h4-5,7-10H,2-3H2,1H3,(H,15,17)(H,16,18)(H,19,20)/p-1/t7-,8+,9-,10+/m1/s1. The number of carboxylic acids is 1. The molecule has 22 heavy (non-hydrogen) atoms. The topological polar surface area (TPSA) is 108 Å². The van der Waals surface area contributed by atoms with Crippen LogP contribution in [0.5, 0.6) is 0 Å². The summed E-state index contributed by atoms with van der Waals surface area (Å²) in [6, 6.07) is 1.80. The maximum absolute atomic E-state index is 12.2. The van der Waals surface area contributed by atoms with Gasteiger partial charge >= 0.3 is 0 Å². The van der Waals surface area contributed by atoms with Crippen molar-refractivity contribution >= 4 is 29.1 Å². The Hall–Kier alpha value is -1.93. The number of thiophene rings is 1. The van der Waals surface area contributed by atoms with Crippen molar-refractivity contribution in [2.24, 2.45) is 11.8 Å². The Morgan fingerprint density at radius 3 is 2.50 bits per heavy atom. The number of fused-ring (bicyclic) bond motifs is 2. The summed E-state index contributed by atoms with van der Waals surface area (Å²) in [6.07, 6.45) is 0.368. The molecule has 0 spiro atoms. The molecule has 0 unspecified atom stereocenters. The highest BCUT2D eigenvalue weighted by atomic mass is 32.1. The number of ether oxygens (including phenoxy) is 1. The molecule has 118 valence electrons. The zero-order chi connectivity index (χ0) is 15.9. The molecule has 2 fully saturated rings. The molecule has 1 aromatic heterocycles. The molecule has 2 bridgehead atoms. The molecule has 0 saturated carbocycles. The van der Waals surface area contributed by atoms with Gasteiger partial charge in [0.1, 0.15) is 0 Å². The highest BCUT2D eigenvalue weighted by Crippen LogP contribution is 2.43. The fourth-order valence-electron chi connectivity index (χ4n) is 3.17. The van der Waals surface area contributed by atoms with Crippen LogP contribution in [0.25, 0.3) is 0 Å². The van der Waals surface area contributed by atoms with E-state index < -0.39 is 41.8 Å². The van der Waals surface area contributed by atoms with Gasteiger partial charge in [-0.05, 0) is 36.8 Å². The van der Waals surface area contributed by atoms with Gasteiger partial charge in [0.05, 0.1) is 23.0 Å². The van der Waals surface area contributed by atoms with Gasteiger partial charge in [-0.25, -0.2) is 0 Å². The van der Waals surface area contributed by atoms with E-state index in [2.05, 4.69) is 10.9 Å². The van der Waals surface area contributed by atoms with Crippen LogP contribution >= 0.6 is 11.3 Å². The molecule has 2 aliphatic rings. The third-order valence-corrected chi connectivity index (χ3v) is 5.23. The summed E-state index contributed by atoms with van der Waals surface area (Å²) < 4.78 is 5.49. The van der Waals surface area contributed by atoms with E-state index in [0.29, 0.717) is 17.7 Å². The molecule has 8 heteroatoms. The minimum Gasteiger partial charge on any atom is -0.550 e. The predicted octanol–water partition coefficient (Wildman–Crippen LogP) is -0.639. The van der Waals surface area contributed by atoms with Gasteiger partial charge in [0.2, 0.25) is 5.91 Å². The second kappa shape index (κ2) is 5.69. The van der Waals surface area contributed by atoms with Crippen LogP contribution in [0.4, 0.5) is 0 Å². The van der Waals surface area contributed by atoms with Crippen LogP contribution in [0.1, 0.15) is 28.1 Å². The summed E-state index contributed by atoms with van der Waals surface area (Å²) in [5.41, 5.74) is 5.44. The van der Waals surface area contributed by atoms with E-state index in [4.69, 9.17) is 4.74 Å². The summed E-state index contributed by atoms with van der Waals surface area (Å²) in [5.74, 6) is -4.04. The van der Waals surface area contributed by atoms with Crippen molar-refractivity contribution in [2.45, 2.75) is 32.0 Å². The number of nitrogens with one attached hydrogen (secondary N) is 2. The molecule has 0 aromatic carbocycles. The first-order chi connectivity index (χ1) is 10.5. The van der Waals surface area contributed by atoms with Crippen molar-refractivity contribution in [1.29, 1.82) is 0 Å². The number of hydrogen-bond acceptors (Lipinski definition) is 6. The van der Waals surface area contributed by atoms with Crippen molar-refractivity contribution in [1.82, 2.24) is 10.9 Å². The third kappa shape index (κ3) is 2.48. The van der Waals surface area contributed by atoms with E-state index in [-0.39, 0.29) is 0 Å². The fourth-order valence-corrected chi connectivity index (χ4v) is 3.99. The summed E-state index contributed by atoms with van der Waals surface area (Å²) >= 11 is 1.27. The summed E-state index contributed by atoms with van der Waals surface area (Å²) in [5, 5.41) is 13.0. The number of carboxylic acid groups (broad SMARTS) is 1. The number of aryl methyl sites for hydroxylation is 1. The summed E-state index contributed by atoms with van der Waals surface area (Å²) in [4.78, 5) is 35.9. The number of hydrazine groups is 1. The molecule has 2 N–H and O–H groups in total. The average Bonchev–Trinajstić information content (AvgIpc) is 3.18. The molecular weight excluding hydrogens is 308 g/mol. The summed E-state index contributed by atoms with van der Waals surface area (Å²) in [7, 11) is 0. The van der Waals surface area contributed by atoms with Gasteiger partial charge < -0.3 is 14.6 Å². The van der Waals surface area contributed by atoms with E-state index in [9.17, 15) is 19.5 Å². The van der Waals surface area contributed by atoms with Crippen molar-refractivity contribution in [3.8, 4) is 0 Å². The molecule has 2 aliphatic heterocycles. The average molecular weight is 323 g/mol. The number of carbonyl (C=O) groups is 3. The van der Waals surface area contributed by atoms with E-state index in [1.807, 2.05) is 0 Å². The Labute approximate surface area is 130 Å². The monoisotopic (exact) mass is 323 g/mol. The molecule has 3 heterocycles. The summed E-state index contributed by atoms with van der Waals surface area (Å²) in [6.45, 7) is 1.79. The molecule has 0 radical (unpaired) electrons. The van der Waals surface area contributed by atoms with E-state index >= 15 is 0 Å². The molecule has 2 amide bonds. The first-order valence-corrected chi connectivity index (χ1v) is 7.87. The van der Waals surface area contributed by atoms with E-state index in [0.717, 1.165) is 5.56 Å². The third-order valence-electron chi connectivity index (χ3n) is 4.22. The lowest BCUT2D eigenvalue weighted by Crippen LogP contribution is -2.52. The Kier molecular flexibility index (Phi) is 3.88. The minimum absolute atomic E-state index is 0.421. The number of aliphatic carboxylic acids is 1. The Morgan fingerprint density at radius 1 is 1.23 bits per heavy atom. The Bertz CT molecular complexity index is 629. The molecule has 0 aliphatic carbocycles. The number of rotatable bonds is 3. The van der Waals surface area contributed by atoms with Crippen molar-refractivity contribution in [2.75, 3.05) is 0 Å². The van der Waals surface area contributed by atoms with Crippen LogP contribution < -0.4 is 16.0 Å². The number of carbonyl (C=O) groups excluding carboxylic acids is 3. The van der Waals surface area contributed by atoms with Gasteiger partial charge in [0.25, 0.3) is 5.91 Å². The van der Waals surface area contributed by atoms with Crippen LogP contribution in [0, 0.1) is 18.8 Å². The maximum atomic E-state index is 12.2. The second-order valence-corrected chi connectivity index (χ2v) is 6.45. The smallest absolute Gasteiger partial charge is 0.280 e. The highest BCUT2D eigenvalue weighted by molar-refractivity contribution is 7.12. The molecule has 4 atom stereocenters. The zero-order valence-electron chi connectivity index (χ0n) is 11.8. The van der Waals surface area contributed by atoms with Crippen LogP contribution in [0.2, 0.25) is 0 Å². The van der Waals surface area contributed by atoms with Crippen LogP contribution in [-0.4, -0.2) is 30.0 Å². The van der Waals surface area contributed by atoms with Gasteiger partial charge in [-0.15, -0.1) is 11.3 Å². The SMILES string of the molecule is Cc1ccsc1C(=O)NNC(=O)[C@H]1[C@@H](C(=O)[O-])[C@@H]2CC[C@H]1O2. The Morgan fingerprint density at radius 2 is 1.91 bits per heavy atom. The van der Waals surface area contributed by atoms with Crippen molar-refractivity contribution < 1.29 is 24.2 Å². The minimum atomic E-state index is -1.28. The lowest BCUT2D eigenvalue weighted by molar-refractivity contribution is -0.314. The quantitative estimate of drug-likeness (QED) is 0.720. The molecule has 3 rings (SSSR count). The molecule has 7 nitrogen and oxygen atoms in total. The normalized spacial score (nSPS) is 29.3. The van der Waals surface area contributed by atoms with Gasteiger partial charge in [-0.1, -0.05) is 0 Å². The lowest BCUT2D eigenvalue weighted by Gasteiger charge is -2.27. The van der Waals surface area contributed by atoms with Crippen molar-refractivity contribution in [3.63, 3.8) is 0 Å². The lowest BCUT2D eigenvalue weighted by atomic mass is 9.79. The molecule has 1 aromatic rings. The fraction of sp³-hybridized carbons (Fsp3) is 0.500. The van der Waals surface area contributed by atoms with Gasteiger partial charge in [-0.3, -0.25) is 20.4 Å². The first kappa shape index (κ1) is 15.0. The first-order valence-electron chi connectivity index (χ1n) is 6.99. The van der Waals surface area contributed by atoms with Crippen LogP contribution in [0.15, 0.2) is 11.4 Å². The van der Waals surface area contributed by atoms with Gasteiger partial charge in [0, 0.05) is 11.9 Å². The van der Waals surface area contributed by atoms with Crippen LogP contribution in [-0.2, 0) is 14.3 Å². The Balaban J connectivity index is 1.63. The predicted molar refractivity (Wildman–Crippen MR) is 74.5 cm³/mol. The maximum Gasteiger partial charge on any atom is 0.280 e.